The highest BCUT2D eigenvalue weighted by molar-refractivity contribution is 9.09. The third-order valence-corrected chi connectivity index (χ3v) is 4.04. The summed E-state index contributed by atoms with van der Waals surface area (Å²) in [6, 6.07) is 15.4. The lowest BCUT2D eigenvalue weighted by atomic mass is 10.1. The molecule has 0 aliphatic heterocycles. The molecule has 21 heavy (non-hydrogen) atoms. The van der Waals surface area contributed by atoms with Crippen LogP contribution in [0.5, 0.6) is 0 Å². The molecule has 0 heterocycles. The van der Waals surface area contributed by atoms with Crippen LogP contribution in [0.4, 0.5) is 0 Å². The molecule has 0 spiro atoms. The number of aryl methyl sites for hydroxylation is 1. The Labute approximate surface area is 138 Å². The van der Waals surface area contributed by atoms with Crippen molar-refractivity contribution in [3.63, 3.8) is 0 Å². The zero-order valence-electron chi connectivity index (χ0n) is 11.9. The second-order valence-corrected chi connectivity index (χ2v) is 6.07. The molecule has 0 unspecified atom stereocenters. The molecule has 0 aromatic heterocycles. The summed E-state index contributed by atoms with van der Waals surface area (Å²) in [5.74, 6) is 0.0260. The number of alkyl halides is 1. The van der Waals surface area contributed by atoms with Crippen LogP contribution in [0.25, 0.3) is 0 Å². The number of benzene rings is 2. The first kappa shape index (κ1) is 16.1. The van der Waals surface area contributed by atoms with Gasteiger partial charge in [0.05, 0.1) is 0 Å². The van der Waals surface area contributed by atoms with Crippen molar-refractivity contribution < 1.29 is 4.79 Å². The van der Waals surface area contributed by atoms with E-state index in [1.54, 1.807) is 12.1 Å². The average molecular weight is 367 g/mol. The average Bonchev–Trinajstić information content (AvgIpc) is 2.50. The van der Waals surface area contributed by atoms with E-state index in [0.29, 0.717) is 23.7 Å². The minimum absolute atomic E-state index is 0.0260. The Morgan fingerprint density at radius 1 is 1.19 bits per heavy atom. The first-order valence-corrected chi connectivity index (χ1v) is 8.27. The first-order valence-electron chi connectivity index (χ1n) is 6.77. The molecule has 2 nitrogen and oxygen atoms in total. The molecule has 0 radical (unpaired) electrons. The van der Waals surface area contributed by atoms with Gasteiger partial charge in [0, 0.05) is 29.0 Å². The van der Waals surface area contributed by atoms with Gasteiger partial charge in [0.25, 0.3) is 5.91 Å². The Bertz CT molecular complexity index is 615. The molecular weight excluding hydrogens is 350 g/mol. The fourth-order valence-electron chi connectivity index (χ4n) is 2.12. The molecule has 1 amide bonds. The molecule has 0 saturated carbocycles. The highest BCUT2D eigenvalue weighted by Crippen LogP contribution is 2.18. The van der Waals surface area contributed by atoms with Gasteiger partial charge in [-0.15, -0.1) is 0 Å². The normalized spacial score (nSPS) is 10.4. The predicted molar refractivity (Wildman–Crippen MR) is 91.2 cm³/mol. The molecule has 0 bridgehead atoms. The van der Waals surface area contributed by atoms with E-state index in [4.69, 9.17) is 11.6 Å². The van der Waals surface area contributed by atoms with Gasteiger partial charge in [-0.25, -0.2) is 0 Å². The maximum absolute atomic E-state index is 12.7. The zero-order chi connectivity index (χ0) is 15.2. The summed E-state index contributed by atoms with van der Waals surface area (Å²) < 4.78 is 0. The van der Waals surface area contributed by atoms with Gasteiger partial charge in [0.2, 0.25) is 0 Å². The molecule has 0 saturated heterocycles. The highest BCUT2D eigenvalue weighted by atomic mass is 79.9. The van der Waals surface area contributed by atoms with Gasteiger partial charge in [0.1, 0.15) is 0 Å². The summed E-state index contributed by atoms with van der Waals surface area (Å²) in [6.45, 7) is 3.17. The van der Waals surface area contributed by atoms with E-state index in [-0.39, 0.29) is 5.91 Å². The standard InChI is InChI=1S/C17H17BrClNO/c1-13-11-15(7-8-16(13)19)17(21)20(10-9-18)12-14-5-3-2-4-6-14/h2-8,11H,9-10,12H2,1H3. The van der Waals surface area contributed by atoms with Crippen molar-refractivity contribution in [2.75, 3.05) is 11.9 Å². The number of carbonyl (C=O) groups is 1. The molecule has 0 atom stereocenters. The van der Waals surface area contributed by atoms with Crippen LogP contribution in [0.2, 0.25) is 5.02 Å². The van der Waals surface area contributed by atoms with Gasteiger partial charge < -0.3 is 4.90 Å². The van der Waals surface area contributed by atoms with Crippen molar-refractivity contribution in [1.82, 2.24) is 4.90 Å². The zero-order valence-corrected chi connectivity index (χ0v) is 14.2. The van der Waals surface area contributed by atoms with Crippen molar-refractivity contribution in [2.45, 2.75) is 13.5 Å². The number of amides is 1. The van der Waals surface area contributed by atoms with Crippen LogP contribution in [0.3, 0.4) is 0 Å². The molecule has 2 aromatic rings. The van der Waals surface area contributed by atoms with Crippen LogP contribution in [0, 0.1) is 6.92 Å². The fourth-order valence-corrected chi connectivity index (χ4v) is 2.66. The van der Waals surface area contributed by atoms with Gasteiger partial charge >= 0.3 is 0 Å². The molecule has 4 heteroatoms. The summed E-state index contributed by atoms with van der Waals surface area (Å²) in [7, 11) is 0. The summed E-state index contributed by atoms with van der Waals surface area (Å²) >= 11 is 9.44. The first-order chi connectivity index (χ1) is 10.1. The van der Waals surface area contributed by atoms with Crippen LogP contribution in [-0.2, 0) is 6.54 Å². The molecule has 2 aromatic carbocycles. The predicted octanol–water partition coefficient (Wildman–Crippen LogP) is 4.69. The number of nitrogens with zero attached hydrogens (tertiary/aromatic N) is 1. The lowest BCUT2D eigenvalue weighted by molar-refractivity contribution is 0.0754. The van der Waals surface area contributed by atoms with Gasteiger partial charge in [0.15, 0.2) is 0 Å². The number of hydrogen-bond donors (Lipinski definition) is 0. The lowest BCUT2D eigenvalue weighted by Gasteiger charge is -2.22. The number of hydrogen-bond acceptors (Lipinski definition) is 1. The van der Waals surface area contributed by atoms with Gasteiger partial charge in [-0.2, -0.15) is 0 Å². The molecule has 2 rings (SSSR count). The summed E-state index contributed by atoms with van der Waals surface area (Å²) in [5.41, 5.74) is 2.72. The molecule has 110 valence electrons. The maximum Gasteiger partial charge on any atom is 0.254 e. The van der Waals surface area contributed by atoms with Crippen LogP contribution >= 0.6 is 27.5 Å². The molecule has 0 N–H and O–H groups in total. The van der Waals surface area contributed by atoms with E-state index in [1.165, 1.54) is 0 Å². The van der Waals surface area contributed by atoms with E-state index in [9.17, 15) is 4.79 Å². The van der Waals surface area contributed by atoms with Crippen molar-refractivity contribution >= 4 is 33.4 Å². The minimum atomic E-state index is 0.0260. The largest absolute Gasteiger partial charge is 0.333 e. The van der Waals surface area contributed by atoms with E-state index in [0.717, 1.165) is 16.5 Å². The van der Waals surface area contributed by atoms with Crippen molar-refractivity contribution in [3.8, 4) is 0 Å². The van der Waals surface area contributed by atoms with Crippen LogP contribution in [0.15, 0.2) is 48.5 Å². The monoisotopic (exact) mass is 365 g/mol. The van der Waals surface area contributed by atoms with E-state index in [1.807, 2.05) is 48.2 Å². The van der Waals surface area contributed by atoms with Crippen molar-refractivity contribution in [3.05, 3.63) is 70.2 Å². The SMILES string of the molecule is Cc1cc(C(=O)N(CCBr)Cc2ccccc2)ccc1Cl. The number of rotatable bonds is 5. The second-order valence-electron chi connectivity index (χ2n) is 4.87. The fraction of sp³-hybridized carbons (Fsp3) is 0.235. The summed E-state index contributed by atoms with van der Waals surface area (Å²) in [5, 5.41) is 1.43. The molecule has 0 aliphatic rings. The lowest BCUT2D eigenvalue weighted by Crippen LogP contribution is -2.32. The smallest absolute Gasteiger partial charge is 0.254 e. The third kappa shape index (κ3) is 4.32. The summed E-state index contributed by atoms with van der Waals surface area (Å²) in [4.78, 5) is 14.5. The third-order valence-electron chi connectivity index (χ3n) is 3.26. The van der Waals surface area contributed by atoms with Gasteiger partial charge in [-0.1, -0.05) is 57.9 Å². The number of halogens is 2. The van der Waals surface area contributed by atoms with E-state index < -0.39 is 0 Å². The van der Waals surface area contributed by atoms with E-state index >= 15 is 0 Å². The molecule has 0 fully saturated rings. The van der Waals surface area contributed by atoms with Crippen molar-refractivity contribution in [2.24, 2.45) is 0 Å². The second kappa shape index (κ2) is 7.62. The Morgan fingerprint density at radius 2 is 1.90 bits per heavy atom. The van der Waals surface area contributed by atoms with Gasteiger partial charge in [-0.05, 0) is 36.2 Å². The van der Waals surface area contributed by atoms with Crippen LogP contribution in [-0.4, -0.2) is 22.7 Å². The quantitative estimate of drug-likeness (QED) is 0.703. The summed E-state index contributed by atoms with van der Waals surface area (Å²) in [6.07, 6.45) is 0. The Kier molecular flexibility index (Phi) is 5.83. The van der Waals surface area contributed by atoms with Crippen LogP contribution < -0.4 is 0 Å². The van der Waals surface area contributed by atoms with Crippen LogP contribution in [0.1, 0.15) is 21.5 Å². The number of carbonyl (C=O) groups excluding carboxylic acids is 1. The highest BCUT2D eigenvalue weighted by Gasteiger charge is 2.16. The Hall–Kier alpha value is -1.32. The maximum atomic E-state index is 12.7. The van der Waals surface area contributed by atoms with E-state index in [2.05, 4.69) is 15.9 Å². The van der Waals surface area contributed by atoms with Gasteiger partial charge in [-0.3, -0.25) is 4.79 Å². The molecular formula is C17H17BrClNO. The minimum Gasteiger partial charge on any atom is -0.333 e. The molecule has 0 aliphatic carbocycles. The Balaban J connectivity index is 2.20. The Morgan fingerprint density at radius 3 is 2.52 bits per heavy atom. The van der Waals surface area contributed by atoms with Crippen molar-refractivity contribution in [1.29, 1.82) is 0 Å². The topological polar surface area (TPSA) is 20.3 Å².